The molecule has 3 aliphatic heterocycles. The fourth-order valence-electron chi connectivity index (χ4n) is 4.59. The van der Waals surface area contributed by atoms with Gasteiger partial charge in [0, 0.05) is 19.0 Å². The van der Waals surface area contributed by atoms with E-state index < -0.39 is 23.8 Å². The number of benzene rings is 1. The number of hydrogen-bond acceptors (Lipinski definition) is 6. The zero-order chi connectivity index (χ0) is 20.7. The van der Waals surface area contributed by atoms with Crippen LogP contribution >= 0.6 is 0 Å². The fourth-order valence-corrected chi connectivity index (χ4v) is 4.59. The molecule has 0 bridgehead atoms. The molecule has 0 radical (unpaired) electrons. The molecule has 154 valence electrons. The minimum absolute atomic E-state index is 0.116. The summed E-state index contributed by atoms with van der Waals surface area (Å²) in [5.74, 6) is -1.36. The molecule has 0 saturated carbocycles. The first-order valence-corrected chi connectivity index (χ1v) is 10.2. The summed E-state index contributed by atoms with van der Waals surface area (Å²) in [5, 5.41) is 2.23. The third-order valence-electron chi connectivity index (χ3n) is 6.32. The van der Waals surface area contributed by atoms with Crippen LogP contribution in [0, 0.1) is 5.92 Å². The molecule has 1 aromatic rings. The van der Waals surface area contributed by atoms with Crippen LogP contribution in [0.25, 0.3) is 0 Å². The van der Waals surface area contributed by atoms with Crippen LogP contribution < -0.4 is 11.1 Å². The Morgan fingerprint density at radius 2 is 1.83 bits per heavy atom. The number of likely N-dealkylation sites (tertiary alicyclic amines) is 1. The lowest BCUT2D eigenvalue weighted by Crippen LogP contribution is -2.54. The van der Waals surface area contributed by atoms with Crippen LogP contribution in [0.2, 0.25) is 0 Å². The van der Waals surface area contributed by atoms with Crippen LogP contribution in [-0.4, -0.2) is 58.6 Å². The number of carbonyl (C=O) groups excluding carboxylic acids is 4. The second-order valence-corrected chi connectivity index (χ2v) is 8.26. The van der Waals surface area contributed by atoms with Gasteiger partial charge in [0.1, 0.15) is 6.04 Å². The molecule has 2 unspecified atom stereocenters. The van der Waals surface area contributed by atoms with Crippen LogP contribution in [0.4, 0.5) is 0 Å². The Morgan fingerprint density at radius 1 is 1.10 bits per heavy atom. The highest BCUT2D eigenvalue weighted by atomic mass is 16.2. The predicted molar refractivity (Wildman–Crippen MR) is 105 cm³/mol. The lowest BCUT2D eigenvalue weighted by Gasteiger charge is -2.34. The molecule has 4 rings (SSSR count). The monoisotopic (exact) mass is 398 g/mol. The highest BCUT2D eigenvalue weighted by Gasteiger charge is 2.45. The molecule has 8 nitrogen and oxygen atoms in total. The Bertz CT molecular complexity index is 873. The molecule has 0 aromatic heterocycles. The van der Waals surface area contributed by atoms with E-state index in [1.165, 1.54) is 0 Å². The maximum absolute atomic E-state index is 13.1. The van der Waals surface area contributed by atoms with E-state index in [-0.39, 0.29) is 24.8 Å². The molecule has 1 aromatic carbocycles. The molecule has 3 aliphatic rings. The average molecular weight is 398 g/mol. The molecule has 0 spiro atoms. The molecule has 8 heteroatoms. The predicted octanol–water partition coefficient (Wildman–Crippen LogP) is 0.647. The van der Waals surface area contributed by atoms with Gasteiger partial charge in [-0.3, -0.25) is 34.3 Å². The van der Waals surface area contributed by atoms with Crippen molar-refractivity contribution in [1.29, 1.82) is 0 Å². The summed E-state index contributed by atoms with van der Waals surface area (Å²) in [4.78, 5) is 53.0. The lowest BCUT2D eigenvalue weighted by atomic mass is 9.90. The second kappa shape index (κ2) is 7.68. The van der Waals surface area contributed by atoms with E-state index >= 15 is 0 Å². The molecule has 3 heterocycles. The van der Waals surface area contributed by atoms with E-state index in [4.69, 9.17) is 5.73 Å². The van der Waals surface area contributed by atoms with Gasteiger partial charge in [0.05, 0.1) is 11.1 Å². The van der Waals surface area contributed by atoms with Crippen LogP contribution in [0.5, 0.6) is 0 Å². The fraction of sp³-hybridized carbons (Fsp3) is 0.524. The van der Waals surface area contributed by atoms with E-state index in [2.05, 4.69) is 10.2 Å². The van der Waals surface area contributed by atoms with Crippen molar-refractivity contribution in [3.63, 3.8) is 0 Å². The molecule has 2 atom stereocenters. The quantitative estimate of drug-likeness (QED) is 0.720. The zero-order valence-corrected chi connectivity index (χ0v) is 16.5. The number of nitrogens with two attached hydrogens (primary N) is 1. The Morgan fingerprint density at radius 3 is 2.48 bits per heavy atom. The SMILES string of the molecule is CC(N)C1CCN(Cc2cccc3c2C(=O)N(C2CCC(=O)NC2=O)C3=O)CC1. The first-order chi connectivity index (χ1) is 13.9. The molecular weight excluding hydrogens is 372 g/mol. The van der Waals surface area contributed by atoms with E-state index in [1.54, 1.807) is 12.1 Å². The Labute approximate surface area is 169 Å². The maximum atomic E-state index is 13.1. The van der Waals surface area contributed by atoms with E-state index in [1.807, 2.05) is 13.0 Å². The molecule has 3 N–H and O–H groups in total. The maximum Gasteiger partial charge on any atom is 0.262 e. The summed E-state index contributed by atoms with van der Waals surface area (Å²) < 4.78 is 0. The van der Waals surface area contributed by atoms with Gasteiger partial charge < -0.3 is 5.73 Å². The number of rotatable bonds is 4. The van der Waals surface area contributed by atoms with Gasteiger partial charge in [0.25, 0.3) is 11.8 Å². The van der Waals surface area contributed by atoms with Crippen molar-refractivity contribution in [2.75, 3.05) is 13.1 Å². The van der Waals surface area contributed by atoms with Crippen LogP contribution in [-0.2, 0) is 16.1 Å². The van der Waals surface area contributed by atoms with Crippen LogP contribution in [0.3, 0.4) is 0 Å². The summed E-state index contributed by atoms with van der Waals surface area (Å²) in [6.45, 7) is 4.42. The van der Waals surface area contributed by atoms with Gasteiger partial charge in [-0.15, -0.1) is 0 Å². The van der Waals surface area contributed by atoms with Crippen molar-refractivity contribution in [1.82, 2.24) is 15.1 Å². The molecule has 29 heavy (non-hydrogen) atoms. The lowest BCUT2D eigenvalue weighted by molar-refractivity contribution is -0.136. The Hall–Kier alpha value is -2.58. The van der Waals surface area contributed by atoms with Crippen LogP contribution in [0.15, 0.2) is 18.2 Å². The highest BCUT2D eigenvalue weighted by molar-refractivity contribution is 6.24. The van der Waals surface area contributed by atoms with Crippen molar-refractivity contribution in [2.45, 2.75) is 51.2 Å². The smallest absolute Gasteiger partial charge is 0.262 e. The first kappa shape index (κ1) is 19.7. The standard InChI is InChI=1S/C21H26N4O4/c1-12(22)13-7-9-24(10-8-13)11-14-3-2-4-15-18(14)21(29)25(20(15)28)16-5-6-17(26)23-19(16)27/h2-4,12-13,16H,5-11,22H2,1H3,(H,23,26,27). The van der Waals surface area contributed by atoms with Gasteiger partial charge in [-0.1, -0.05) is 12.1 Å². The number of imide groups is 2. The third-order valence-corrected chi connectivity index (χ3v) is 6.32. The van der Waals surface area contributed by atoms with Gasteiger partial charge in [-0.2, -0.15) is 0 Å². The largest absolute Gasteiger partial charge is 0.328 e. The average Bonchev–Trinajstić information content (AvgIpc) is 2.94. The minimum atomic E-state index is -0.935. The molecule has 2 fully saturated rings. The Balaban J connectivity index is 1.54. The number of amides is 4. The summed E-state index contributed by atoms with van der Waals surface area (Å²) in [5.41, 5.74) is 7.54. The summed E-state index contributed by atoms with van der Waals surface area (Å²) >= 11 is 0. The Kier molecular flexibility index (Phi) is 5.23. The normalized spacial score (nSPS) is 24.6. The number of carbonyl (C=O) groups is 4. The number of nitrogens with one attached hydrogen (secondary N) is 1. The molecule has 4 amide bonds. The van der Waals surface area contributed by atoms with E-state index in [0.717, 1.165) is 36.4 Å². The molecule has 2 saturated heterocycles. The summed E-state index contributed by atoms with van der Waals surface area (Å²) in [7, 11) is 0. The van der Waals surface area contributed by atoms with Crippen LogP contribution in [0.1, 0.15) is 58.9 Å². The van der Waals surface area contributed by atoms with Gasteiger partial charge in [0.15, 0.2) is 0 Å². The van der Waals surface area contributed by atoms with Crippen molar-refractivity contribution in [2.24, 2.45) is 11.7 Å². The van der Waals surface area contributed by atoms with E-state index in [0.29, 0.717) is 23.6 Å². The van der Waals surface area contributed by atoms with E-state index in [9.17, 15) is 19.2 Å². The van der Waals surface area contributed by atoms with Crippen molar-refractivity contribution >= 4 is 23.6 Å². The third kappa shape index (κ3) is 3.58. The summed E-state index contributed by atoms with van der Waals surface area (Å²) in [6, 6.07) is 4.53. The van der Waals surface area contributed by atoms with Gasteiger partial charge in [-0.05, 0) is 56.8 Å². The number of fused-ring (bicyclic) bond motifs is 1. The topological polar surface area (TPSA) is 113 Å². The molecule has 0 aliphatic carbocycles. The highest BCUT2D eigenvalue weighted by Crippen LogP contribution is 2.31. The second-order valence-electron chi connectivity index (χ2n) is 8.26. The van der Waals surface area contributed by atoms with Crippen molar-refractivity contribution in [3.05, 3.63) is 34.9 Å². The van der Waals surface area contributed by atoms with Gasteiger partial charge >= 0.3 is 0 Å². The summed E-state index contributed by atoms with van der Waals surface area (Å²) in [6.07, 6.45) is 2.31. The van der Waals surface area contributed by atoms with Crippen molar-refractivity contribution in [3.8, 4) is 0 Å². The number of hydrogen-bond donors (Lipinski definition) is 2. The van der Waals surface area contributed by atoms with Gasteiger partial charge in [-0.25, -0.2) is 0 Å². The molecular formula is C21H26N4O4. The van der Waals surface area contributed by atoms with Gasteiger partial charge in [0.2, 0.25) is 11.8 Å². The number of nitrogens with zero attached hydrogens (tertiary/aromatic N) is 2. The zero-order valence-electron chi connectivity index (χ0n) is 16.5. The number of piperidine rings is 2. The first-order valence-electron chi connectivity index (χ1n) is 10.2. The van der Waals surface area contributed by atoms with Crippen molar-refractivity contribution < 1.29 is 19.2 Å². The minimum Gasteiger partial charge on any atom is -0.328 e.